The Morgan fingerprint density at radius 3 is 2.64 bits per heavy atom. The van der Waals surface area contributed by atoms with E-state index in [-0.39, 0.29) is 0 Å². The average molecular weight is 191 g/mol. The lowest BCUT2D eigenvalue weighted by Gasteiger charge is -2.08. The van der Waals surface area contributed by atoms with Gasteiger partial charge >= 0.3 is 0 Å². The lowest BCUT2D eigenvalue weighted by molar-refractivity contribution is 0.0804. The smallest absolute Gasteiger partial charge is 0.118 e. The highest BCUT2D eigenvalue weighted by molar-refractivity contribution is 5.25. The van der Waals surface area contributed by atoms with Gasteiger partial charge in [-0.2, -0.15) is 0 Å². The Morgan fingerprint density at radius 1 is 1.21 bits per heavy atom. The van der Waals surface area contributed by atoms with Crippen molar-refractivity contribution in [2.75, 3.05) is 0 Å². The van der Waals surface area contributed by atoms with Crippen LogP contribution in [0, 0.1) is 0 Å². The van der Waals surface area contributed by atoms with E-state index in [1.807, 2.05) is 12.1 Å². The van der Waals surface area contributed by atoms with Crippen LogP contribution in [0.3, 0.4) is 0 Å². The molecule has 0 aromatic heterocycles. The molecule has 0 spiro atoms. The van der Waals surface area contributed by atoms with Crippen molar-refractivity contribution < 1.29 is 5.11 Å². The summed E-state index contributed by atoms with van der Waals surface area (Å²) in [5.74, 6) is 0. The summed E-state index contributed by atoms with van der Waals surface area (Å²) >= 11 is 0. The summed E-state index contributed by atoms with van der Waals surface area (Å²) in [6.45, 7) is 4.22. The van der Waals surface area contributed by atoms with Crippen LogP contribution >= 0.6 is 0 Å². The molecular formula is C13H19O. The van der Waals surface area contributed by atoms with Crippen molar-refractivity contribution in [3.05, 3.63) is 35.4 Å². The quantitative estimate of drug-likeness (QED) is 0.672. The van der Waals surface area contributed by atoms with Crippen LogP contribution in [-0.2, 0) is 11.5 Å². The summed E-state index contributed by atoms with van der Waals surface area (Å²) in [5, 5.41) is 11.7. The van der Waals surface area contributed by atoms with E-state index in [0.717, 1.165) is 31.2 Å². The zero-order valence-corrected chi connectivity index (χ0v) is 9.12. The maximum atomic E-state index is 11.7. The molecule has 0 saturated heterocycles. The van der Waals surface area contributed by atoms with Gasteiger partial charge in [0.1, 0.15) is 6.10 Å². The van der Waals surface area contributed by atoms with E-state index in [9.17, 15) is 5.11 Å². The van der Waals surface area contributed by atoms with Gasteiger partial charge in [-0.05, 0) is 24.0 Å². The fourth-order valence-electron chi connectivity index (χ4n) is 1.67. The van der Waals surface area contributed by atoms with E-state index in [0.29, 0.717) is 0 Å². The average Bonchev–Trinajstić information content (AvgIpc) is 2.19. The summed E-state index contributed by atoms with van der Waals surface area (Å²) in [6, 6.07) is 8.12. The molecule has 1 rings (SSSR count). The van der Waals surface area contributed by atoms with Gasteiger partial charge in [0.2, 0.25) is 0 Å². The summed E-state index contributed by atoms with van der Waals surface area (Å²) in [6.07, 6.45) is 3.40. The van der Waals surface area contributed by atoms with Gasteiger partial charge in [-0.15, -0.1) is 0 Å². The van der Waals surface area contributed by atoms with E-state index in [4.69, 9.17) is 0 Å². The molecule has 0 saturated carbocycles. The Balaban J connectivity index is 2.71. The van der Waals surface area contributed by atoms with E-state index in [1.54, 1.807) is 0 Å². The van der Waals surface area contributed by atoms with Crippen molar-refractivity contribution in [1.82, 2.24) is 0 Å². The first-order valence-electron chi connectivity index (χ1n) is 5.52. The summed E-state index contributed by atoms with van der Waals surface area (Å²) in [4.78, 5) is 0. The Morgan fingerprint density at radius 2 is 2.00 bits per heavy atom. The standard InChI is InChI=1S/C13H19O/c1-3-6-11-8-5-9-12(10-11)13(14)7-4-2/h5,8-10,13H,3-4,6-7H2,1-2H3. The lowest BCUT2D eigenvalue weighted by atomic mass is 10.0. The van der Waals surface area contributed by atoms with Crippen LogP contribution < -0.4 is 0 Å². The van der Waals surface area contributed by atoms with Crippen molar-refractivity contribution in [2.45, 2.75) is 45.6 Å². The summed E-state index contributed by atoms with van der Waals surface area (Å²) < 4.78 is 0. The van der Waals surface area contributed by atoms with E-state index in [1.165, 1.54) is 5.56 Å². The number of hydrogen-bond acceptors (Lipinski definition) is 0. The van der Waals surface area contributed by atoms with Crippen LogP contribution in [0.25, 0.3) is 0 Å². The molecule has 0 aliphatic rings. The zero-order valence-electron chi connectivity index (χ0n) is 9.12. The third kappa shape index (κ3) is 3.15. The topological polar surface area (TPSA) is 19.9 Å². The molecule has 77 valence electrons. The number of rotatable bonds is 5. The van der Waals surface area contributed by atoms with Crippen LogP contribution in [0.2, 0.25) is 0 Å². The van der Waals surface area contributed by atoms with Gasteiger partial charge in [-0.3, -0.25) is 0 Å². The third-order valence-electron chi connectivity index (χ3n) is 2.41. The molecule has 1 aromatic rings. The van der Waals surface area contributed by atoms with E-state index < -0.39 is 6.10 Å². The van der Waals surface area contributed by atoms with Crippen LogP contribution in [0.15, 0.2) is 24.3 Å². The van der Waals surface area contributed by atoms with Crippen LogP contribution in [-0.4, -0.2) is 0 Å². The van der Waals surface area contributed by atoms with Crippen LogP contribution in [0.5, 0.6) is 0 Å². The largest absolute Gasteiger partial charge is 0.228 e. The first-order valence-corrected chi connectivity index (χ1v) is 5.52. The van der Waals surface area contributed by atoms with Gasteiger partial charge in [-0.1, -0.05) is 51.0 Å². The first kappa shape index (κ1) is 11.3. The molecule has 1 unspecified atom stereocenters. The van der Waals surface area contributed by atoms with E-state index >= 15 is 0 Å². The Hall–Kier alpha value is -0.820. The van der Waals surface area contributed by atoms with Gasteiger partial charge in [-0.25, -0.2) is 5.11 Å². The normalized spacial score (nSPS) is 12.8. The highest BCUT2D eigenvalue weighted by Crippen LogP contribution is 2.20. The second-order valence-electron chi connectivity index (χ2n) is 3.77. The molecule has 0 fully saturated rings. The molecule has 0 heterocycles. The molecule has 1 aromatic carbocycles. The number of benzene rings is 1. The Kier molecular flexibility index (Phi) is 4.68. The fraction of sp³-hybridized carbons (Fsp3) is 0.538. The summed E-state index contributed by atoms with van der Waals surface area (Å²) in [5.41, 5.74) is 2.25. The fourth-order valence-corrected chi connectivity index (χ4v) is 1.67. The van der Waals surface area contributed by atoms with Gasteiger partial charge in [0.05, 0.1) is 0 Å². The molecule has 1 atom stereocenters. The number of aryl methyl sites for hydroxylation is 1. The minimum atomic E-state index is -0.531. The van der Waals surface area contributed by atoms with Crippen LogP contribution in [0.1, 0.15) is 50.3 Å². The third-order valence-corrected chi connectivity index (χ3v) is 2.41. The Bertz CT molecular complexity index is 268. The summed E-state index contributed by atoms with van der Waals surface area (Å²) in [7, 11) is 0. The molecule has 0 N–H and O–H groups in total. The molecule has 0 aliphatic heterocycles. The molecule has 14 heavy (non-hydrogen) atoms. The van der Waals surface area contributed by atoms with Crippen molar-refractivity contribution in [2.24, 2.45) is 0 Å². The van der Waals surface area contributed by atoms with Gasteiger partial charge < -0.3 is 0 Å². The monoisotopic (exact) mass is 191 g/mol. The molecule has 0 amide bonds. The van der Waals surface area contributed by atoms with Crippen LogP contribution in [0.4, 0.5) is 0 Å². The molecule has 1 nitrogen and oxygen atoms in total. The molecule has 1 heteroatoms. The Labute approximate surface area is 86.8 Å². The van der Waals surface area contributed by atoms with E-state index in [2.05, 4.69) is 26.0 Å². The van der Waals surface area contributed by atoms with Crippen molar-refractivity contribution in [1.29, 1.82) is 0 Å². The van der Waals surface area contributed by atoms with Crippen molar-refractivity contribution in [3.8, 4) is 0 Å². The highest BCUT2D eigenvalue weighted by atomic mass is 16.3. The van der Waals surface area contributed by atoms with Crippen molar-refractivity contribution in [3.63, 3.8) is 0 Å². The predicted molar refractivity (Wildman–Crippen MR) is 58.8 cm³/mol. The molecule has 1 radical (unpaired) electrons. The first-order chi connectivity index (χ1) is 6.77. The SMILES string of the molecule is CCCc1cccc(C([O])CCC)c1. The maximum absolute atomic E-state index is 11.7. The second kappa shape index (κ2) is 5.82. The van der Waals surface area contributed by atoms with Gasteiger partial charge in [0.15, 0.2) is 0 Å². The highest BCUT2D eigenvalue weighted by Gasteiger charge is 2.07. The molecule has 0 bridgehead atoms. The lowest BCUT2D eigenvalue weighted by Crippen LogP contribution is -1.96. The predicted octanol–water partition coefficient (Wildman–Crippen LogP) is 3.91. The van der Waals surface area contributed by atoms with Gasteiger partial charge in [0.25, 0.3) is 0 Å². The minimum absolute atomic E-state index is 0.531. The van der Waals surface area contributed by atoms with Crippen molar-refractivity contribution >= 4 is 0 Å². The molecule has 0 aliphatic carbocycles. The molecular weight excluding hydrogens is 172 g/mol. The second-order valence-corrected chi connectivity index (χ2v) is 3.77. The van der Waals surface area contributed by atoms with Gasteiger partial charge in [0, 0.05) is 0 Å². The number of hydrogen-bond donors (Lipinski definition) is 0. The maximum Gasteiger partial charge on any atom is 0.118 e. The minimum Gasteiger partial charge on any atom is -0.228 e. The zero-order chi connectivity index (χ0) is 10.4.